The zero-order valence-electron chi connectivity index (χ0n) is 8.61. The molecule has 2 aromatic rings. The number of furan rings is 1. The van der Waals surface area contributed by atoms with Crippen molar-refractivity contribution in [1.29, 1.82) is 0 Å². The Labute approximate surface area is 95.3 Å². The van der Waals surface area contributed by atoms with Gasteiger partial charge in [-0.15, -0.1) is 0 Å². The maximum absolute atomic E-state index is 13.0. The highest BCUT2D eigenvalue weighted by atomic mass is 19.4. The first-order chi connectivity index (χ1) is 7.96. The van der Waals surface area contributed by atoms with Crippen molar-refractivity contribution < 1.29 is 22.7 Å². The topological polar surface area (TPSA) is 33.4 Å². The van der Waals surface area contributed by atoms with E-state index >= 15 is 0 Å². The Balaban J connectivity index is 2.61. The smallest absolute Gasteiger partial charge is 0.428 e. The van der Waals surface area contributed by atoms with Gasteiger partial charge in [0.05, 0.1) is 6.26 Å². The molecule has 0 saturated carbocycles. The number of hydrogen-bond acceptors (Lipinski definition) is 2. The number of benzene rings is 1. The Kier molecular flexibility index (Phi) is 2.71. The van der Waals surface area contributed by atoms with Gasteiger partial charge >= 0.3 is 6.18 Å². The highest BCUT2D eigenvalue weighted by molar-refractivity contribution is 5.33. The van der Waals surface area contributed by atoms with Gasteiger partial charge in [0.1, 0.15) is 5.76 Å². The minimum absolute atomic E-state index is 0.276. The summed E-state index contributed by atoms with van der Waals surface area (Å²) in [5.41, 5.74) is -3.39. The molecule has 1 aromatic carbocycles. The molecule has 1 unspecified atom stereocenters. The zero-order valence-corrected chi connectivity index (χ0v) is 8.61. The molecule has 0 fully saturated rings. The molecule has 1 atom stereocenters. The lowest BCUT2D eigenvalue weighted by atomic mass is 9.90. The molecule has 0 amide bonds. The Morgan fingerprint density at radius 2 is 1.59 bits per heavy atom. The molecule has 0 radical (unpaired) electrons. The van der Waals surface area contributed by atoms with E-state index in [4.69, 9.17) is 4.42 Å². The molecule has 2 rings (SSSR count). The van der Waals surface area contributed by atoms with Gasteiger partial charge in [0.25, 0.3) is 0 Å². The van der Waals surface area contributed by atoms with Gasteiger partial charge in [0, 0.05) is 5.56 Å². The van der Waals surface area contributed by atoms with E-state index in [0.29, 0.717) is 0 Å². The molecule has 0 bridgehead atoms. The lowest BCUT2D eigenvalue weighted by Crippen LogP contribution is -2.43. The summed E-state index contributed by atoms with van der Waals surface area (Å²) < 4.78 is 43.8. The molecule has 1 heterocycles. The van der Waals surface area contributed by atoms with E-state index in [2.05, 4.69) is 0 Å². The van der Waals surface area contributed by atoms with Crippen LogP contribution in [0.25, 0.3) is 0 Å². The summed E-state index contributed by atoms with van der Waals surface area (Å²) in [7, 11) is 0. The van der Waals surface area contributed by atoms with Crippen LogP contribution in [0, 0.1) is 0 Å². The predicted octanol–water partition coefficient (Wildman–Crippen LogP) is 3.08. The summed E-state index contributed by atoms with van der Waals surface area (Å²) in [6, 6.07) is 9.23. The summed E-state index contributed by atoms with van der Waals surface area (Å²) in [6.07, 6.45) is -3.76. The van der Waals surface area contributed by atoms with E-state index in [1.165, 1.54) is 30.3 Å². The summed E-state index contributed by atoms with van der Waals surface area (Å²) in [5, 5.41) is 9.96. The van der Waals surface area contributed by atoms with Crippen molar-refractivity contribution in [3.8, 4) is 0 Å². The average molecular weight is 242 g/mol. The lowest BCUT2D eigenvalue weighted by Gasteiger charge is -2.28. The Bertz CT molecular complexity index is 476. The number of alkyl halides is 3. The van der Waals surface area contributed by atoms with Crippen LogP contribution in [0.4, 0.5) is 13.2 Å². The highest BCUT2D eigenvalue weighted by Crippen LogP contribution is 2.44. The summed E-state index contributed by atoms with van der Waals surface area (Å²) in [4.78, 5) is 0. The Morgan fingerprint density at radius 3 is 2.06 bits per heavy atom. The molecular formula is C12H9F3O2. The zero-order chi connectivity index (χ0) is 12.5. The van der Waals surface area contributed by atoms with Gasteiger partial charge in [0.15, 0.2) is 0 Å². The average Bonchev–Trinajstić information content (AvgIpc) is 2.81. The van der Waals surface area contributed by atoms with Crippen molar-refractivity contribution in [3.63, 3.8) is 0 Å². The van der Waals surface area contributed by atoms with E-state index in [1.54, 1.807) is 6.07 Å². The fourth-order valence-electron chi connectivity index (χ4n) is 1.61. The summed E-state index contributed by atoms with van der Waals surface area (Å²) in [6.45, 7) is 0. The minimum Gasteiger partial charge on any atom is -0.466 e. The van der Waals surface area contributed by atoms with Crippen LogP contribution in [-0.4, -0.2) is 11.3 Å². The van der Waals surface area contributed by atoms with E-state index in [9.17, 15) is 18.3 Å². The molecule has 1 aromatic heterocycles. The normalized spacial score (nSPS) is 15.5. The Morgan fingerprint density at radius 1 is 0.941 bits per heavy atom. The van der Waals surface area contributed by atoms with Crippen LogP contribution in [-0.2, 0) is 5.60 Å². The molecule has 0 aliphatic heterocycles. The maximum atomic E-state index is 13.0. The number of hydrogen-bond donors (Lipinski definition) is 1. The van der Waals surface area contributed by atoms with E-state index in [0.717, 1.165) is 12.3 Å². The van der Waals surface area contributed by atoms with Crippen LogP contribution < -0.4 is 0 Å². The second kappa shape index (κ2) is 3.92. The van der Waals surface area contributed by atoms with E-state index < -0.39 is 17.5 Å². The Hall–Kier alpha value is -1.75. The third-order valence-electron chi connectivity index (χ3n) is 2.48. The fourth-order valence-corrected chi connectivity index (χ4v) is 1.61. The molecule has 5 heteroatoms. The van der Waals surface area contributed by atoms with Crippen LogP contribution in [0.15, 0.2) is 53.1 Å². The van der Waals surface area contributed by atoms with Crippen molar-refractivity contribution in [3.05, 3.63) is 60.1 Å². The predicted molar refractivity (Wildman–Crippen MR) is 54.2 cm³/mol. The molecule has 0 saturated heterocycles. The monoisotopic (exact) mass is 242 g/mol. The third kappa shape index (κ3) is 1.82. The fraction of sp³-hybridized carbons (Fsp3) is 0.167. The van der Waals surface area contributed by atoms with Gasteiger partial charge in [-0.2, -0.15) is 13.2 Å². The van der Waals surface area contributed by atoms with Crippen LogP contribution >= 0.6 is 0 Å². The molecule has 0 aliphatic carbocycles. The number of halogens is 3. The molecule has 1 N–H and O–H groups in total. The minimum atomic E-state index is -4.85. The van der Waals surface area contributed by atoms with Crippen molar-refractivity contribution in [2.75, 3.05) is 0 Å². The third-order valence-corrected chi connectivity index (χ3v) is 2.48. The molecule has 0 spiro atoms. The van der Waals surface area contributed by atoms with Gasteiger partial charge in [-0.25, -0.2) is 0 Å². The van der Waals surface area contributed by atoms with Gasteiger partial charge < -0.3 is 9.52 Å². The van der Waals surface area contributed by atoms with E-state index in [-0.39, 0.29) is 5.56 Å². The van der Waals surface area contributed by atoms with Crippen LogP contribution in [0.1, 0.15) is 11.3 Å². The van der Waals surface area contributed by atoms with Gasteiger partial charge in [-0.1, -0.05) is 30.3 Å². The quantitative estimate of drug-likeness (QED) is 0.877. The molecule has 90 valence electrons. The van der Waals surface area contributed by atoms with Crippen molar-refractivity contribution in [2.45, 2.75) is 11.8 Å². The molecule has 0 aliphatic rings. The first-order valence-electron chi connectivity index (χ1n) is 4.85. The number of aliphatic hydroxyl groups is 1. The van der Waals surface area contributed by atoms with E-state index in [1.807, 2.05) is 0 Å². The van der Waals surface area contributed by atoms with Crippen LogP contribution in [0.5, 0.6) is 0 Å². The lowest BCUT2D eigenvalue weighted by molar-refractivity contribution is -0.254. The SMILES string of the molecule is OC(c1ccccc1)(c1ccco1)C(F)(F)F. The summed E-state index contributed by atoms with van der Waals surface area (Å²) >= 11 is 0. The van der Waals surface area contributed by atoms with Gasteiger partial charge in [-0.3, -0.25) is 0 Å². The molecule has 17 heavy (non-hydrogen) atoms. The first-order valence-corrected chi connectivity index (χ1v) is 4.85. The molecule has 2 nitrogen and oxygen atoms in total. The molecular weight excluding hydrogens is 233 g/mol. The van der Waals surface area contributed by atoms with Crippen LogP contribution in [0.2, 0.25) is 0 Å². The number of rotatable bonds is 2. The van der Waals surface area contributed by atoms with Crippen molar-refractivity contribution in [2.24, 2.45) is 0 Å². The summed E-state index contributed by atoms with van der Waals surface area (Å²) in [5.74, 6) is -0.545. The second-order valence-electron chi connectivity index (χ2n) is 3.55. The maximum Gasteiger partial charge on any atom is 0.428 e. The largest absolute Gasteiger partial charge is 0.466 e. The van der Waals surface area contributed by atoms with Gasteiger partial charge in [-0.05, 0) is 12.1 Å². The highest BCUT2D eigenvalue weighted by Gasteiger charge is 2.58. The standard InChI is InChI=1S/C12H9F3O2/c13-12(14,15)11(16,10-7-4-8-17-10)9-5-2-1-3-6-9/h1-8,16H. The second-order valence-corrected chi connectivity index (χ2v) is 3.55. The van der Waals surface area contributed by atoms with Crippen molar-refractivity contribution >= 4 is 0 Å². The van der Waals surface area contributed by atoms with Gasteiger partial charge in [0.2, 0.25) is 5.60 Å². The van der Waals surface area contributed by atoms with Crippen LogP contribution in [0.3, 0.4) is 0 Å². The first kappa shape index (κ1) is 11.7. The van der Waals surface area contributed by atoms with Crippen molar-refractivity contribution in [1.82, 2.24) is 0 Å².